The Morgan fingerprint density at radius 3 is 2.30 bits per heavy atom. The molecule has 112 valence electrons. The summed E-state index contributed by atoms with van der Waals surface area (Å²) in [6, 6.07) is 0.657. The highest BCUT2D eigenvalue weighted by atomic mass is 19.4. The molecule has 2 N–H and O–H groups in total. The van der Waals surface area contributed by atoms with Gasteiger partial charge in [-0.15, -0.1) is 0 Å². The molecule has 1 atom stereocenters. The first-order valence-electron chi connectivity index (χ1n) is 5.72. The monoisotopic (exact) mass is 293 g/mol. The van der Waals surface area contributed by atoms with Crippen LogP contribution in [0.3, 0.4) is 0 Å². The average Bonchev–Trinajstić information content (AvgIpc) is 2.35. The molecule has 0 saturated heterocycles. The lowest BCUT2D eigenvalue weighted by atomic mass is 9.80. The van der Waals surface area contributed by atoms with Crippen molar-refractivity contribution in [1.82, 2.24) is 0 Å². The third-order valence-corrected chi connectivity index (χ3v) is 3.15. The summed E-state index contributed by atoms with van der Waals surface area (Å²) in [5.74, 6) is -1.63. The van der Waals surface area contributed by atoms with Crippen LogP contribution in [-0.2, 0) is 15.7 Å². The standard InChI is InChI=1S/C13H15F4NO2/c1-12(2,11(19)20-3)10(18)8-6-7(13(15,16)17)4-5-9(8)14/h4-6,10H,18H2,1-3H3/t10-/m1/s1. The fourth-order valence-electron chi connectivity index (χ4n) is 1.74. The van der Waals surface area contributed by atoms with Gasteiger partial charge in [-0.2, -0.15) is 13.2 Å². The van der Waals surface area contributed by atoms with Crippen molar-refractivity contribution in [3.63, 3.8) is 0 Å². The predicted molar refractivity (Wildman–Crippen MR) is 64.1 cm³/mol. The van der Waals surface area contributed by atoms with Crippen molar-refractivity contribution in [3.8, 4) is 0 Å². The Morgan fingerprint density at radius 2 is 1.85 bits per heavy atom. The SMILES string of the molecule is COC(=O)C(C)(C)[C@H](N)c1cc(C(F)(F)F)ccc1F. The van der Waals surface area contributed by atoms with Crippen molar-refractivity contribution in [2.75, 3.05) is 7.11 Å². The number of nitrogens with two attached hydrogens (primary N) is 1. The number of alkyl halides is 3. The summed E-state index contributed by atoms with van der Waals surface area (Å²) in [7, 11) is 1.12. The molecule has 0 radical (unpaired) electrons. The van der Waals surface area contributed by atoms with Crippen LogP contribution in [0, 0.1) is 11.2 Å². The summed E-state index contributed by atoms with van der Waals surface area (Å²) in [6.45, 7) is 2.76. The molecule has 0 unspecified atom stereocenters. The second-order valence-electron chi connectivity index (χ2n) is 4.92. The van der Waals surface area contributed by atoms with E-state index in [1.165, 1.54) is 13.8 Å². The number of carbonyl (C=O) groups excluding carboxylic acids is 1. The van der Waals surface area contributed by atoms with Crippen molar-refractivity contribution < 1.29 is 27.1 Å². The Labute approximate surface area is 113 Å². The second kappa shape index (κ2) is 5.40. The summed E-state index contributed by atoms with van der Waals surface area (Å²) >= 11 is 0. The third kappa shape index (κ3) is 3.09. The average molecular weight is 293 g/mol. The normalized spacial score (nSPS) is 14.0. The number of ether oxygens (including phenoxy) is 1. The minimum Gasteiger partial charge on any atom is -0.469 e. The predicted octanol–water partition coefficient (Wildman–Crippen LogP) is 3.04. The molecule has 0 aliphatic rings. The van der Waals surface area contributed by atoms with Crippen molar-refractivity contribution >= 4 is 5.97 Å². The van der Waals surface area contributed by atoms with Crippen LogP contribution in [0.1, 0.15) is 31.0 Å². The van der Waals surface area contributed by atoms with Gasteiger partial charge in [0, 0.05) is 11.6 Å². The molecule has 0 amide bonds. The first-order valence-corrected chi connectivity index (χ1v) is 5.72. The molecule has 0 heterocycles. The van der Waals surface area contributed by atoms with Gasteiger partial charge in [0.05, 0.1) is 18.1 Å². The summed E-state index contributed by atoms with van der Waals surface area (Å²) in [5, 5.41) is 0. The van der Waals surface area contributed by atoms with Gasteiger partial charge >= 0.3 is 12.1 Å². The Kier molecular flexibility index (Phi) is 4.43. The molecule has 0 spiro atoms. The summed E-state index contributed by atoms with van der Waals surface area (Å²) in [5.41, 5.74) is 2.99. The van der Waals surface area contributed by atoms with Gasteiger partial charge in [-0.1, -0.05) is 0 Å². The number of hydrogen-bond donors (Lipinski definition) is 1. The Balaban J connectivity index is 3.29. The van der Waals surface area contributed by atoms with Crippen LogP contribution in [0.15, 0.2) is 18.2 Å². The fourth-order valence-corrected chi connectivity index (χ4v) is 1.74. The van der Waals surface area contributed by atoms with E-state index in [2.05, 4.69) is 4.74 Å². The van der Waals surface area contributed by atoms with Gasteiger partial charge in [0.1, 0.15) is 5.82 Å². The zero-order valence-corrected chi connectivity index (χ0v) is 11.2. The van der Waals surface area contributed by atoms with E-state index in [4.69, 9.17) is 5.73 Å². The van der Waals surface area contributed by atoms with Gasteiger partial charge in [-0.05, 0) is 32.0 Å². The molecular formula is C13H15F4NO2. The molecule has 1 aromatic carbocycles. The number of halogens is 4. The summed E-state index contributed by atoms with van der Waals surface area (Å²) < 4.78 is 56.1. The molecule has 0 fully saturated rings. The van der Waals surface area contributed by atoms with Crippen molar-refractivity contribution in [2.45, 2.75) is 26.1 Å². The molecule has 7 heteroatoms. The zero-order chi connectivity index (χ0) is 15.7. The number of benzene rings is 1. The van der Waals surface area contributed by atoms with Gasteiger partial charge in [0.2, 0.25) is 0 Å². The van der Waals surface area contributed by atoms with E-state index in [9.17, 15) is 22.4 Å². The van der Waals surface area contributed by atoms with Crippen molar-refractivity contribution in [1.29, 1.82) is 0 Å². The van der Waals surface area contributed by atoms with Gasteiger partial charge in [0.15, 0.2) is 0 Å². The van der Waals surface area contributed by atoms with E-state index in [0.717, 1.165) is 7.11 Å². The van der Waals surface area contributed by atoms with Gasteiger partial charge in [0.25, 0.3) is 0 Å². The van der Waals surface area contributed by atoms with E-state index in [0.29, 0.717) is 18.2 Å². The van der Waals surface area contributed by atoms with Crippen LogP contribution in [0.25, 0.3) is 0 Å². The second-order valence-corrected chi connectivity index (χ2v) is 4.92. The maximum Gasteiger partial charge on any atom is 0.416 e. The highest BCUT2D eigenvalue weighted by Gasteiger charge is 2.39. The van der Waals surface area contributed by atoms with E-state index in [1.54, 1.807) is 0 Å². The highest BCUT2D eigenvalue weighted by Crippen LogP contribution is 2.37. The largest absolute Gasteiger partial charge is 0.469 e. The molecule has 1 aromatic rings. The van der Waals surface area contributed by atoms with Crippen molar-refractivity contribution in [2.24, 2.45) is 11.1 Å². The molecule has 0 saturated carbocycles. The van der Waals surface area contributed by atoms with Gasteiger partial charge in [-0.25, -0.2) is 4.39 Å². The van der Waals surface area contributed by atoms with E-state index in [-0.39, 0.29) is 5.56 Å². The summed E-state index contributed by atoms with van der Waals surface area (Å²) in [6.07, 6.45) is -4.61. The van der Waals surface area contributed by atoms with Crippen molar-refractivity contribution in [3.05, 3.63) is 35.1 Å². The fraction of sp³-hybridized carbons (Fsp3) is 0.462. The van der Waals surface area contributed by atoms with Crippen LogP contribution in [0.5, 0.6) is 0 Å². The van der Waals surface area contributed by atoms with Gasteiger partial charge < -0.3 is 10.5 Å². The molecule has 1 rings (SSSR count). The molecule has 20 heavy (non-hydrogen) atoms. The van der Waals surface area contributed by atoms with Crippen LogP contribution in [0.4, 0.5) is 17.6 Å². The van der Waals surface area contributed by atoms with E-state index >= 15 is 0 Å². The number of esters is 1. The molecule has 0 aromatic heterocycles. The highest BCUT2D eigenvalue weighted by molar-refractivity contribution is 5.77. The Bertz CT molecular complexity index is 512. The van der Waals surface area contributed by atoms with Crippen LogP contribution in [0.2, 0.25) is 0 Å². The third-order valence-electron chi connectivity index (χ3n) is 3.15. The van der Waals surface area contributed by atoms with E-state index in [1.807, 2.05) is 0 Å². The smallest absolute Gasteiger partial charge is 0.416 e. The molecule has 0 aliphatic heterocycles. The quantitative estimate of drug-likeness (QED) is 0.688. The lowest BCUT2D eigenvalue weighted by molar-refractivity contribution is -0.152. The molecule has 0 bridgehead atoms. The lowest BCUT2D eigenvalue weighted by Crippen LogP contribution is -2.38. The number of rotatable bonds is 3. The van der Waals surface area contributed by atoms with Gasteiger partial charge in [-0.3, -0.25) is 4.79 Å². The molecule has 0 aliphatic carbocycles. The summed E-state index contributed by atoms with van der Waals surface area (Å²) in [4.78, 5) is 11.6. The number of hydrogen-bond acceptors (Lipinski definition) is 3. The first-order chi connectivity index (χ1) is 9.01. The molecular weight excluding hydrogens is 278 g/mol. The minimum atomic E-state index is -4.61. The maximum atomic E-state index is 13.7. The Morgan fingerprint density at radius 1 is 1.30 bits per heavy atom. The topological polar surface area (TPSA) is 52.3 Å². The van der Waals surface area contributed by atoms with E-state index < -0.39 is 35.0 Å². The number of carbonyl (C=O) groups is 1. The zero-order valence-electron chi connectivity index (χ0n) is 11.2. The first kappa shape index (κ1) is 16.4. The Hall–Kier alpha value is -1.63. The number of methoxy groups -OCH3 is 1. The minimum absolute atomic E-state index is 0.379. The van der Waals surface area contributed by atoms with Crippen LogP contribution in [-0.4, -0.2) is 13.1 Å². The lowest BCUT2D eigenvalue weighted by Gasteiger charge is -2.29. The maximum absolute atomic E-state index is 13.7. The van der Waals surface area contributed by atoms with Crippen LogP contribution < -0.4 is 5.73 Å². The molecule has 3 nitrogen and oxygen atoms in total. The van der Waals surface area contributed by atoms with Crippen LogP contribution >= 0.6 is 0 Å².